The van der Waals surface area contributed by atoms with E-state index < -0.39 is 0 Å². The van der Waals surface area contributed by atoms with Crippen LogP contribution in [0.3, 0.4) is 0 Å². The van der Waals surface area contributed by atoms with Gasteiger partial charge in [-0.1, -0.05) is 29.8 Å². The molecule has 0 aliphatic rings. The van der Waals surface area contributed by atoms with Crippen LogP contribution in [0, 0.1) is 6.92 Å². The van der Waals surface area contributed by atoms with E-state index in [4.69, 9.17) is 11.6 Å². The molecule has 0 bridgehead atoms. The first-order valence-electron chi connectivity index (χ1n) is 4.36. The Labute approximate surface area is 92.4 Å². The zero-order chi connectivity index (χ0) is 9.97. The van der Waals surface area contributed by atoms with E-state index >= 15 is 0 Å². The molecule has 1 nitrogen and oxygen atoms in total. The van der Waals surface area contributed by atoms with Gasteiger partial charge in [0.1, 0.15) is 5.38 Å². The lowest BCUT2D eigenvalue weighted by Crippen LogP contribution is -1.92. The summed E-state index contributed by atoms with van der Waals surface area (Å²) in [6.07, 6.45) is 0. The minimum Gasteiger partial charge on any atom is -0.248 e. The minimum atomic E-state index is -0.123. The molecular formula is C11H10ClNS. The fourth-order valence-electron chi connectivity index (χ4n) is 1.25. The van der Waals surface area contributed by atoms with E-state index in [9.17, 15) is 0 Å². The van der Waals surface area contributed by atoms with Crippen molar-refractivity contribution in [2.24, 2.45) is 0 Å². The molecule has 0 aliphatic heterocycles. The standard InChI is InChI=1S/C11H10ClNS/c1-8-2-4-9(5-3-8)11(12)10-6-14-7-13-10/h2-7,11H,1H3. The molecule has 2 aromatic rings. The summed E-state index contributed by atoms with van der Waals surface area (Å²) in [5.74, 6) is 0. The predicted molar refractivity (Wildman–Crippen MR) is 61.0 cm³/mol. The zero-order valence-corrected chi connectivity index (χ0v) is 9.35. The van der Waals surface area contributed by atoms with Gasteiger partial charge in [0.15, 0.2) is 0 Å². The normalized spacial score (nSPS) is 12.7. The summed E-state index contributed by atoms with van der Waals surface area (Å²) >= 11 is 7.84. The molecule has 0 N–H and O–H groups in total. The fourth-order valence-corrected chi connectivity index (χ4v) is 2.17. The summed E-state index contributed by atoms with van der Waals surface area (Å²) in [6.45, 7) is 2.07. The van der Waals surface area contributed by atoms with Crippen LogP contribution >= 0.6 is 22.9 Å². The molecule has 1 heterocycles. The Morgan fingerprint density at radius 3 is 2.57 bits per heavy atom. The lowest BCUT2D eigenvalue weighted by atomic mass is 10.1. The van der Waals surface area contributed by atoms with E-state index in [0.29, 0.717) is 0 Å². The number of hydrogen-bond acceptors (Lipinski definition) is 2. The van der Waals surface area contributed by atoms with Crippen LogP contribution in [0.2, 0.25) is 0 Å². The molecule has 0 saturated carbocycles. The van der Waals surface area contributed by atoms with Gasteiger partial charge in [-0.15, -0.1) is 22.9 Å². The Kier molecular flexibility index (Phi) is 2.85. The molecule has 14 heavy (non-hydrogen) atoms. The first-order chi connectivity index (χ1) is 6.77. The second kappa shape index (κ2) is 4.11. The van der Waals surface area contributed by atoms with Gasteiger partial charge in [0.2, 0.25) is 0 Å². The number of aryl methyl sites for hydroxylation is 1. The molecule has 0 aliphatic carbocycles. The van der Waals surface area contributed by atoms with Gasteiger partial charge in [-0.2, -0.15) is 0 Å². The number of benzene rings is 1. The van der Waals surface area contributed by atoms with Crippen LogP contribution in [0.5, 0.6) is 0 Å². The van der Waals surface area contributed by atoms with Crippen molar-refractivity contribution in [3.05, 3.63) is 52.0 Å². The van der Waals surface area contributed by atoms with Crippen molar-refractivity contribution in [2.75, 3.05) is 0 Å². The lowest BCUT2D eigenvalue weighted by Gasteiger charge is -2.06. The smallest absolute Gasteiger partial charge is 0.101 e. The van der Waals surface area contributed by atoms with Crippen LogP contribution in [0.4, 0.5) is 0 Å². The summed E-state index contributed by atoms with van der Waals surface area (Å²) in [4.78, 5) is 4.20. The van der Waals surface area contributed by atoms with E-state index in [1.54, 1.807) is 16.8 Å². The number of nitrogens with zero attached hydrogens (tertiary/aromatic N) is 1. The van der Waals surface area contributed by atoms with Crippen molar-refractivity contribution in [1.82, 2.24) is 4.98 Å². The van der Waals surface area contributed by atoms with Crippen molar-refractivity contribution in [3.8, 4) is 0 Å². The molecule has 0 saturated heterocycles. The summed E-state index contributed by atoms with van der Waals surface area (Å²) in [7, 11) is 0. The Morgan fingerprint density at radius 2 is 2.00 bits per heavy atom. The van der Waals surface area contributed by atoms with Crippen LogP contribution in [0.15, 0.2) is 35.2 Å². The fraction of sp³-hybridized carbons (Fsp3) is 0.182. The van der Waals surface area contributed by atoms with Crippen LogP contribution in [-0.2, 0) is 0 Å². The van der Waals surface area contributed by atoms with Gasteiger partial charge in [-0.25, -0.2) is 4.98 Å². The molecule has 72 valence electrons. The molecule has 0 spiro atoms. The number of alkyl halides is 1. The maximum Gasteiger partial charge on any atom is 0.101 e. The Bertz CT molecular complexity index is 394. The molecule has 1 aromatic carbocycles. The van der Waals surface area contributed by atoms with Gasteiger partial charge in [0.25, 0.3) is 0 Å². The second-order valence-corrected chi connectivity index (χ2v) is 4.34. The summed E-state index contributed by atoms with van der Waals surface area (Å²) in [5.41, 5.74) is 5.08. The SMILES string of the molecule is Cc1ccc(C(Cl)c2cscn2)cc1. The average Bonchev–Trinajstić information content (AvgIpc) is 2.71. The van der Waals surface area contributed by atoms with Gasteiger partial charge in [0, 0.05) is 5.38 Å². The topological polar surface area (TPSA) is 12.9 Å². The van der Waals surface area contributed by atoms with E-state index in [1.807, 2.05) is 17.5 Å². The van der Waals surface area contributed by atoms with E-state index in [-0.39, 0.29) is 5.38 Å². The third-order valence-corrected chi connectivity index (χ3v) is 3.16. The highest BCUT2D eigenvalue weighted by Gasteiger charge is 2.11. The van der Waals surface area contributed by atoms with Gasteiger partial charge in [-0.3, -0.25) is 0 Å². The Morgan fingerprint density at radius 1 is 1.29 bits per heavy atom. The number of halogens is 1. The lowest BCUT2D eigenvalue weighted by molar-refractivity contribution is 1.06. The van der Waals surface area contributed by atoms with Gasteiger partial charge in [-0.05, 0) is 12.5 Å². The Hall–Kier alpha value is -0.860. The Balaban J connectivity index is 2.28. The van der Waals surface area contributed by atoms with Crippen molar-refractivity contribution in [2.45, 2.75) is 12.3 Å². The maximum absolute atomic E-state index is 6.27. The first-order valence-corrected chi connectivity index (χ1v) is 5.74. The molecule has 0 amide bonds. The number of hydrogen-bond donors (Lipinski definition) is 0. The zero-order valence-electron chi connectivity index (χ0n) is 7.77. The number of aromatic nitrogens is 1. The third kappa shape index (κ3) is 1.97. The van der Waals surface area contributed by atoms with E-state index in [0.717, 1.165) is 11.3 Å². The summed E-state index contributed by atoms with van der Waals surface area (Å²) in [5, 5.41) is 1.86. The molecular weight excluding hydrogens is 214 g/mol. The van der Waals surface area contributed by atoms with Crippen molar-refractivity contribution < 1.29 is 0 Å². The quantitative estimate of drug-likeness (QED) is 0.707. The molecule has 1 aromatic heterocycles. The van der Waals surface area contributed by atoms with E-state index in [1.165, 1.54) is 5.56 Å². The highest BCUT2D eigenvalue weighted by Crippen LogP contribution is 2.28. The molecule has 1 atom stereocenters. The van der Waals surface area contributed by atoms with Gasteiger partial charge in [0.05, 0.1) is 11.2 Å². The minimum absolute atomic E-state index is 0.123. The van der Waals surface area contributed by atoms with Crippen LogP contribution in [0.25, 0.3) is 0 Å². The van der Waals surface area contributed by atoms with Crippen molar-refractivity contribution >= 4 is 22.9 Å². The van der Waals surface area contributed by atoms with E-state index in [2.05, 4.69) is 24.0 Å². The first kappa shape index (κ1) is 9.69. The maximum atomic E-state index is 6.27. The molecule has 3 heteroatoms. The second-order valence-electron chi connectivity index (χ2n) is 3.19. The highest BCUT2D eigenvalue weighted by atomic mass is 35.5. The van der Waals surface area contributed by atoms with Crippen LogP contribution in [-0.4, -0.2) is 4.98 Å². The van der Waals surface area contributed by atoms with Crippen molar-refractivity contribution in [3.63, 3.8) is 0 Å². The van der Waals surface area contributed by atoms with Crippen LogP contribution < -0.4 is 0 Å². The summed E-state index contributed by atoms with van der Waals surface area (Å²) in [6, 6.07) is 8.23. The monoisotopic (exact) mass is 223 g/mol. The summed E-state index contributed by atoms with van der Waals surface area (Å²) < 4.78 is 0. The average molecular weight is 224 g/mol. The molecule has 2 rings (SSSR count). The molecule has 0 fully saturated rings. The largest absolute Gasteiger partial charge is 0.248 e. The van der Waals surface area contributed by atoms with Gasteiger partial charge < -0.3 is 0 Å². The number of rotatable bonds is 2. The van der Waals surface area contributed by atoms with Gasteiger partial charge >= 0.3 is 0 Å². The predicted octanol–water partition coefficient (Wildman–Crippen LogP) is 3.78. The van der Waals surface area contributed by atoms with Crippen molar-refractivity contribution in [1.29, 1.82) is 0 Å². The molecule has 1 unspecified atom stereocenters. The van der Waals surface area contributed by atoms with Crippen LogP contribution in [0.1, 0.15) is 22.2 Å². The highest BCUT2D eigenvalue weighted by molar-refractivity contribution is 7.07. The number of thiazole rings is 1. The molecule has 0 radical (unpaired) electrons. The third-order valence-electron chi connectivity index (χ3n) is 2.08.